The molecule has 0 aromatic carbocycles. The molecule has 2 aliphatic heterocycles. The Morgan fingerprint density at radius 3 is 2.60 bits per heavy atom. The third-order valence-electron chi connectivity index (χ3n) is 4.39. The van der Waals surface area contributed by atoms with Crippen LogP contribution in [-0.4, -0.2) is 74.5 Å². The van der Waals surface area contributed by atoms with E-state index >= 15 is 0 Å². The summed E-state index contributed by atoms with van der Waals surface area (Å²) in [4.78, 5) is 16.0. The van der Waals surface area contributed by atoms with Gasteiger partial charge in [-0.05, 0) is 39.3 Å². The molecule has 0 radical (unpaired) electrons. The molecule has 116 valence electrons. The summed E-state index contributed by atoms with van der Waals surface area (Å²) < 4.78 is 22.9. The van der Waals surface area contributed by atoms with Crippen LogP contribution in [0.15, 0.2) is 0 Å². The standard InChI is InChI=1S/C13H25N3O3S/c1-11(16-6-3-4-7-16)9-14-13(17)15(2)12-5-8-20(18,19)10-12/h11-12H,3-10H2,1-2H3,(H,14,17). The lowest BCUT2D eigenvalue weighted by molar-refractivity contribution is 0.187. The monoisotopic (exact) mass is 303 g/mol. The van der Waals surface area contributed by atoms with Gasteiger partial charge in [-0.2, -0.15) is 0 Å². The van der Waals surface area contributed by atoms with Gasteiger partial charge in [-0.3, -0.25) is 4.90 Å². The van der Waals surface area contributed by atoms with E-state index in [2.05, 4.69) is 17.1 Å². The second kappa shape index (κ2) is 6.30. The number of carbonyl (C=O) groups excluding carboxylic acids is 1. The van der Waals surface area contributed by atoms with Crippen LogP contribution >= 0.6 is 0 Å². The molecule has 0 aliphatic carbocycles. The van der Waals surface area contributed by atoms with Crippen molar-refractivity contribution < 1.29 is 13.2 Å². The average molecular weight is 303 g/mol. The Hall–Kier alpha value is -0.820. The van der Waals surface area contributed by atoms with Gasteiger partial charge in [0.15, 0.2) is 9.84 Å². The van der Waals surface area contributed by atoms with Crippen molar-refractivity contribution in [2.45, 2.75) is 38.3 Å². The lowest BCUT2D eigenvalue weighted by Crippen LogP contribution is -2.48. The zero-order valence-corrected chi connectivity index (χ0v) is 13.2. The molecule has 0 bridgehead atoms. The maximum Gasteiger partial charge on any atom is 0.317 e. The van der Waals surface area contributed by atoms with Crippen LogP contribution in [-0.2, 0) is 9.84 Å². The Balaban J connectivity index is 1.76. The maximum atomic E-state index is 12.1. The molecule has 7 heteroatoms. The summed E-state index contributed by atoms with van der Waals surface area (Å²) in [7, 11) is -1.27. The molecule has 2 rings (SSSR count). The second-order valence-corrected chi connectivity index (χ2v) is 8.17. The molecule has 0 saturated carbocycles. The van der Waals surface area contributed by atoms with Crippen molar-refractivity contribution in [2.24, 2.45) is 0 Å². The van der Waals surface area contributed by atoms with Gasteiger partial charge >= 0.3 is 6.03 Å². The molecule has 20 heavy (non-hydrogen) atoms. The van der Waals surface area contributed by atoms with Crippen LogP contribution in [0.4, 0.5) is 4.79 Å². The molecule has 2 unspecified atom stereocenters. The first kappa shape index (κ1) is 15.6. The number of nitrogens with zero attached hydrogens (tertiary/aromatic N) is 2. The summed E-state index contributed by atoms with van der Waals surface area (Å²) in [6.45, 7) is 4.94. The van der Waals surface area contributed by atoms with E-state index in [9.17, 15) is 13.2 Å². The fraction of sp³-hybridized carbons (Fsp3) is 0.923. The molecular formula is C13H25N3O3S. The first-order chi connectivity index (χ1) is 9.39. The highest BCUT2D eigenvalue weighted by Crippen LogP contribution is 2.16. The predicted octanol–water partition coefficient (Wildman–Crippen LogP) is 0.299. The third kappa shape index (κ3) is 3.85. The summed E-state index contributed by atoms with van der Waals surface area (Å²) in [6, 6.07) is -0.0117. The number of likely N-dealkylation sites (tertiary alicyclic amines) is 1. The summed E-state index contributed by atoms with van der Waals surface area (Å²) >= 11 is 0. The van der Waals surface area contributed by atoms with E-state index in [1.54, 1.807) is 11.9 Å². The number of urea groups is 1. The van der Waals surface area contributed by atoms with Gasteiger partial charge in [0.1, 0.15) is 0 Å². The summed E-state index contributed by atoms with van der Waals surface area (Å²) in [5.41, 5.74) is 0. The molecule has 0 spiro atoms. The van der Waals surface area contributed by atoms with Crippen molar-refractivity contribution in [3.05, 3.63) is 0 Å². The van der Waals surface area contributed by atoms with Gasteiger partial charge in [-0.15, -0.1) is 0 Å². The number of amides is 2. The largest absolute Gasteiger partial charge is 0.336 e. The molecule has 0 aromatic rings. The summed E-state index contributed by atoms with van der Waals surface area (Å²) in [5.74, 6) is 0.290. The van der Waals surface area contributed by atoms with Crippen molar-refractivity contribution in [1.29, 1.82) is 0 Å². The van der Waals surface area contributed by atoms with E-state index in [4.69, 9.17) is 0 Å². The Kier molecular flexibility index (Phi) is 4.90. The molecule has 2 fully saturated rings. The Bertz CT molecular complexity index is 446. The Labute approximate surface area is 121 Å². The van der Waals surface area contributed by atoms with Gasteiger partial charge in [0.25, 0.3) is 0 Å². The Morgan fingerprint density at radius 2 is 2.05 bits per heavy atom. The fourth-order valence-corrected chi connectivity index (χ4v) is 4.69. The van der Waals surface area contributed by atoms with Gasteiger partial charge < -0.3 is 10.2 Å². The first-order valence-corrected chi connectivity index (χ1v) is 9.16. The van der Waals surface area contributed by atoms with E-state index in [0.29, 0.717) is 19.0 Å². The summed E-state index contributed by atoms with van der Waals surface area (Å²) in [6.07, 6.45) is 3.02. The number of hydrogen-bond donors (Lipinski definition) is 1. The van der Waals surface area contributed by atoms with Crippen LogP contribution in [0.3, 0.4) is 0 Å². The normalized spacial score (nSPS) is 27.4. The zero-order chi connectivity index (χ0) is 14.8. The number of rotatable bonds is 4. The molecule has 2 aliphatic rings. The molecule has 2 heterocycles. The fourth-order valence-electron chi connectivity index (χ4n) is 2.92. The topological polar surface area (TPSA) is 69.7 Å². The lowest BCUT2D eigenvalue weighted by Gasteiger charge is -2.27. The van der Waals surface area contributed by atoms with Gasteiger partial charge in [-0.1, -0.05) is 0 Å². The van der Waals surface area contributed by atoms with Crippen LogP contribution in [0.1, 0.15) is 26.2 Å². The molecule has 1 N–H and O–H groups in total. The molecule has 2 atom stereocenters. The van der Waals surface area contributed by atoms with Crippen molar-refractivity contribution in [2.75, 3.05) is 38.2 Å². The smallest absolute Gasteiger partial charge is 0.317 e. The van der Waals surface area contributed by atoms with Crippen molar-refractivity contribution in [3.63, 3.8) is 0 Å². The minimum Gasteiger partial charge on any atom is -0.336 e. The number of nitrogens with one attached hydrogen (secondary N) is 1. The van der Waals surface area contributed by atoms with E-state index in [0.717, 1.165) is 13.1 Å². The van der Waals surface area contributed by atoms with Crippen LogP contribution in [0, 0.1) is 0 Å². The van der Waals surface area contributed by atoms with Crippen LogP contribution in [0.2, 0.25) is 0 Å². The predicted molar refractivity (Wildman–Crippen MR) is 78.5 cm³/mol. The van der Waals surface area contributed by atoms with Gasteiger partial charge in [0.05, 0.1) is 11.5 Å². The zero-order valence-electron chi connectivity index (χ0n) is 12.3. The van der Waals surface area contributed by atoms with E-state index in [1.165, 1.54) is 12.8 Å². The molecule has 2 amide bonds. The van der Waals surface area contributed by atoms with Gasteiger partial charge in [0.2, 0.25) is 0 Å². The average Bonchev–Trinajstić information content (AvgIpc) is 3.03. The minimum absolute atomic E-state index is 0.0958. The Morgan fingerprint density at radius 1 is 1.40 bits per heavy atom. The van der Waals surface area contributed by atoms with Crippen LogP contribution in [0.5, 0.6) is 0 Å². The molecule has 0 aromatic heterocycles. The number of hydrogen-bond acceptors (Lipinski definition) is 4. The van der Waals surface area contributed by atoms with Crippen LogP contribution < -0.4 is 5.32 Å². The summed E-state index contributed by atoms with van der Waals surface area (Å²) in [5, 5.41) is 2.91. The van der Waals surface area contributed by atoms with E-state index in [-0.39, 0.29) is 23.6 Å². The highest BCUT2D eigenvalue weighted by atomic mass is 32.2. The SMILES string of the molecule is CC(CNC(=O)N(C)C1CCS(=O)(=O)C1)N1CCCC1. The highest BCUT2D eigenvalue weighted by molar-refractivity contribution is 7.91. The van der Waals surface area contributed by atoms with E-state index < -0.39 is 9.84 Å². The molecule has 6 nitrogen and oxygen atoms in total. The molecule has 2 saturated heterocycles. The second-order valence-electron chi connectivity index (χ2n) is 5.95. The maximum absolute atomic E-state index is 12.1. The quantitative estimate of drug-likeness (QED) is 0.811. The van der Waals surface area contributed by atoms with Crippen molar-refractivity contribution in [3.8, 4) is 0 Å². The van der Waals surface area contributed by atoms with E-state index in [1.807, 2.05) is 0 Å². The van der Waals surface area contributed by atoms with Crippen LogP contribution in [0.25, 0.3) is 0 Å². The first-order valence-electron chi connectivity index (χ1n) is 7.34. The highest BCUT2D eigenvalue weighted by Gasteiger charge is 2.32. The van der Waals surface area contributed by atoms with Gasteiger partial charge in [-0.25, -0.2) is 13.2 Å². The minimum atomic E-state index is -2.95. The number of sulfone groups is 1. The van der Waals surface area contributed by atoms with Crippen molar-refractivity contribution >= 4 is 15.9 Å². The third-order valence-corrected chi connectivity index (χ3v) is 6.14. The lowest BCUT2D eigenvalue weighted by atomic mass is 10.2. The van der Waals surface area contributed by atoms with Gasteiger partial charge in [0, 0.05) is 25.7 Å². The van der Waals surface area contributed by atoms with Crippen molar-refractivity contribution in [1.82, 2.24) is 15.1 Å². The molecular weight excluding hydrogens is 278 g/mol. The number of carbonyl (C=O) groups is 1.